The number of hydrogen-bond donors (Lipinski definition) is 1. The SMILES string of the molecule is N#Cc1ccc(C=C2NC(=O)N(Cc3ccccc3F)C2=O)cc1. The molecule has 2 aromatic carbocycles. The fourth-order valence-corrected chi connectivity index (χ4v) is 2.33. The van der Waals surface area contributed by atoms with Gasteiger partial charge in [-0.1, -0.05) is 30.3 Å². The van der Waals surface area contributed by atoms with Crippen molar-refractivity contribution in [3.05, 3.63) is 76.7 Å². The number of carbonyl (C=O) groups excluding carboxylic acids is 2. The maximum absolute atomic E-state index is 13.7. The van der Waals surface area contributed by atoms with Crippen molar-refractivity contribution in [2.45, 2.75) is 6.54 Å². The second-order valence-electron chi connectivity index (χ2n) is 5.20. The number of hydrogen-bond acceptors (Lipinski definition) is 3. The molecule has 2 aromatic rings. The summed E-state index contributed by atoms with van der Waals surface area (Å²) in [5, 5.41) is 11.3. The second kappa shape index (κ2) is 6.34. The summed E-state index contributed by atoms with van der Waals surface area (Å²) in [6.07, 6.45) is 1.52. The van der Waals surface area contributed by atoms with Crippen molar-refractivity contribution in [1.82, 2.24) is 10.2 Å². The molecule has 1 aliphatic rings. The Balaban J connectivity index is 1.82. The standard InChI is InChI=1S/C18H12FN3O2/c19-15-4-2-1-3-14(15)11-22-17(23)16(21-18(22)24)9-12-5-7-13(10-20)8-6-12/h1-9H,11H2,(H,21,24). The van der Waals surface area contributed by atoms with E-state index in [-0.39, 0.29) is 17.8 Å². The summed E-state index contributed by atoms with van der Waals surface area (Å²) < 4.78 is 13.7. The molecule has 118 valence electrons. The summed E-state index contributed by atoms with van der Waals surface area (Å²) in [4.78, 5) is 25.3. The molecule has 1 N–H and O–H groups in total. The van der Waals surface area contributed by atoms with Crippen LogP contribution in [0, 0.1) is 17.1 Å². The number of carbonyl (C=O) groups is 2. The molecular formula is C18H12FN3O2. The summed E-state index contributed by atoms with van der Waals surface area (Å²) in [6.45, 7) is -0.137. The number of nitrogens with one attached hydrogen (secondary N) is 1. The van der Waals surface area contributed by atoms with Gasteiger partial charge >= 0.3 is 6.03 Å². The molecule has 3 rings (SSSR count). The third-order valence-electron chi connectivity index (χ3n) is 3.60. The quantitative estimate of drug-likeness (QED) is 0.698. The van der Waals surface area contributed by atoms with Gasteiger partial charge in [-0.25, -0.2) is 9.18 Å². The molecule has 0 bridgehead atoms. The van der Waals surface area contributed by atoms with Crippen LogP contribution >= 0.6 is 0 Å². The first kappa shape index (κ1) is 15.4. The van der Waals surface area contributed by atoms with Crippen molar-refractivity contribution in [3.8, 4) is 6.07 Å². The molecule has 1 fully saturated rings. The molecule has 0 atom stereocenters. The van der Waals surface area contributed by atoms with Crippen LogP contribution < -0.4 is 5.32 Å². The number of urea groups is 1. The van der Waals surface area contributed by atoms with Crippen molar-refractivity contribution < 1.29 is 14.0 Å². The molecular weight excluding hydrogens is 309 g/mol. The first-order chi connectivity index (χ1) is 11.6. The Morgan fingerprint density at radius 3 is 2.50 bits per heavy atom. The first-order valence-corrected chi connectivity index (χ1v) is 7.16. The van der Waals surface area contributed by atoms with Crippen LogP contribution in [-0.2, 0) is 11.3 Å². The van der Waals surface area contributed by atoms with Crippen molar-refractivity contribution in [2.75, 3.05) is 0 Å². The normalized spacial score (nSPS) is 15.5. The minimum Gasteiger partial charge on any atom is -0.303 e. The lowest BCUT2D eigenvalue weighted by Gasteiger charge is -2.12. The number of benzene rings is 2. The first-order valence-electron chi connectivity index (χ1n) is 7.16. The molecule has 1 heterocycles. The summed E-state index contributed by atoms with van der Waals surface area (Å²) in [7, 11) is 0. The van der Waals surface area contributed by atoms with E-state index < -0.39 is 17.8 Å². The highest BCUT2D eigenvalue weighted by atomic mass is 19.1. The lowest BCUT2D eigenvalue weighted by molar-refractivity contribution is -0.123. The molecule has 5 nitrogen and oxygen atoms in total. The number of amides is 3. The largest absolute Gasteiger partial charge is 0.329 e. The molecule has 0 aliphatic carbocycles. The molecule has 0 radical (unpaired) electrons. The Kier molecular flexibility index (Phi) is 4.08. The van der Waals surface area contributed by atoms with Crippen LogP contribution in [0.3, 0.4) is 0 Å². The fourth-order valence-electron chi connectivity index (χ4n) is 2.33. The van der Waals surface area contributed by atoms with Gasteiger partial charge in [-0.05, 0) is 29.8 Å². The average molecular weight is 321 g/mol. The number of nitriles is 1. The Labute approximate surface area is 137 Å². The zero-order valence-electron chi connectivity index (χ0n) is 12.5. The van der Waals surface area contributed by atoms with E-state index in [0.29, 0.717) is 11.1 Å². The van der Waals surface area contributed by atoms with E-state index >= 15 is 0 Å². The molecule has 24 heavy (non-hydrogen) atoms. The van der Waals surface area contributed by atoms with E-state index in [4.69, 9.17) is 5.26 Å². The van der Waals surface area contributed by atoms with Gasteiger partial charge in [0.2, 0.25) is 0 Å². The van der Waals surface area contributed by atoms with E-state index in [0.717, 1.165) is 4.90 Å². The number of imide groups is 1. The minimum absolute atomic E-state index is 0.112. The highest BCUT2D eigenvalue weighted by molar-refractivity contribution is 6.13. The summed E-state index contributed by atoms with van der Waals surface area (Å²) in [5.41, 5.74) is 1.55. The summed E-state index contributed by atoms with van der Waals surface area (Å²) in [6, 6.07) is 14.0. The molecule has 0 aromatic heterocycles. The van der Waals surface area contributed by atoms with E-state index in [1.54, 1.807) is 36.4 Å². The van der Waals surface area contributed by atoms with Crippen LogP contribution in [0.1, 0.15) is 16.7 Å². The van der Waals surface area contributed by atoms with E-state index in [9.17, 15) is 14.0 Å². The molecule has 3 amide bonds. The van der Waals surface area contributed by atoms with Gasteiger partial charge in [0.05, 0.1) is 18.2 Å². The topological polar surface area (TPSA) is 73.2 Å². The number of rotatable bonds is 3. The van der Waals surface area contributed by atoms with Gasteiger partial charge in [0.25, 0.3) is 5.91 Å². The lowest BCUT2D eigenvalue weighted by Crippen LogP contribution is -2.30. The molecule has 1 aliphatic heterocycles. The van der Waals surface area contributed by atoms with Crippen molar-refractivity contribution in [2.24, 2.45) is 0 Å². The van der Waals surface area contributed by atoms with Crippen LogP contribution in [0.4, 0.5) is 9.18 Å². The third-order valence-corrected chi connectivity index (χ3v) is 3.60. The molecule has 0 unspecified atom stereocenters. The summed E-state index contributed by atoms with van der Waals surface area (Å²) >= 11 is 0. The van der Waals surface area contributed by atoms with E-state index in [1.165, 1.54) is 18.2 Å². The molecule has 1 saturated heterocycles. The van der Waals surface area contributed by atoms with Crippen molar-refractivity contribution in [3.63, 3.8) is 0 Å². The molecule has 0 saturated carbocycles. The maximum atomic E-state index is 13.7. The van der Waals surface area contributed by atoms with Crippen LogP contribution in [0.2, 0.25) is 0 Å². The predicted molar refractivity (Wildman–Crippen MR) is 84.6 cm³/mol. The van der Waals surface area contributed by atoms with Crippen LogP contribution in [0.5, 0.6) is 0 Å². The number of nitrogens with zero attached hydrogens (tertiary/aromatic N) is 2. The van der Waals surface area contributed by atoms with Gasteiger partial charge in [-0.2, -0.15) is 5.26 Å². The maximum Gasteiger partial charge on any atom is 0.329 e. The molecule has 6 heteroatoms. The Morgan fingerprint density at radius 2 is 1.83 bits per heavy atom. The van der Waals surface area contributed by atoms with E-state index in [2.05, 4.69) is 5.32 Å². The van der Waals surface area contributed by atoms with Crippen molar-refractivity contribution in [1.29, 1.82) is 5.26 Å². The highest BCUT2D eigenvalue weighted by Crippen LogP contribution is 2.18. The second-order valence-corrected chi connectivity index (χ2v) is 5.20. The van der Waals surface area contributed by atoms with Crippen LogP contribution in [0.25, 0.3) is 6.08 Å². The predicted octanol–water partition coefficient (Wildman–Crippen LogP) is 2.79. The van der Waals surface area contributed by atoms with Gasteiger partial charge in [-0.3, -0.25) is 9.69 Å². The van der Waals surface area contributed by atoms with Gasteiger partial charge < -0.3 is 5.32 Å². The molecule has 0 spiro atoms. The number of halogens is 1. The zero-order valence-corrected chi connectivity index (χ0v) is 12.5. The Hall–Kier alpha value is -3.46. The van der Waals surface area contributed by atoms with Crippen molar-refractivity contribution >= 4 is 18.0 Å². The summed E-state index contributed by atoms with van der Waals surface area (Å²) in [5.74, 6) is -0.991. The monoisotopic (exact) mass is 321 g/mol. The van der Waals surface area contributed by atoms with Crippen LogP contribution in [0.15, 0.2) is 54.2 Å². The zero-order chi connectivity index (χ0) is 17.1. The fraction of sp³-hybridized carbons (Fsp3) is 0.0556. The van der Waals surface area contributed by atoms with Gasteiger partial charge in [0, 0.05) is 5.56 Å². The van der Waals surface area contributed by atoms with Crippen LogP contribution in [-0.4, -0.2) is 16.8 Å². The van der Waals surface area contributed by atoms with E-state index in [1.807, 2.05) is 6.07 Å². The van der Waals surface area contributed by atoms with Gasteiger partial charge in [-0.15, -0.1) is 0 Å². The smallest absolute Gasteiger partial charge is 0.303 e. The average Bonchev–Trinajstić information content (AvgIpc) is 2.85. The van der Waals surface area contributed by atoms with Gasteiger partial charge in [0.15, 0.2) is 0 Å². The highest BCUT2D eigenvalue weighted by Gasteiger charge is 2.33. The Bertz CT molecular complexity index is 882. The minimum atomic E-state index is -0.594. The lowest BCUT2D eigenvalue weighted by atomic mass is 10.1. The Morgan fingerprint density at radius 1 is 1.12 bits per heavy atom. The van der Waals surface area contributed by atoms with Gasteiger partial charge in [0.1, 0.15) is 11.5 Å². The third kappa shape index (κ3) is 3.01.